The number of carbonyl (C=O) groups is 2. The van der Waals surface area contributed by atoms with Gasteiger partial charge < -0.3 is 9.64 Å². The second kappa shape index (κ2) is 10.2. The molecule has 1 amide bonds. The number of likely N-dealkylation sites (tertiary alicyclic amines) is 1. The average molecular weight is 466 g/mol. The van der Waals surface area contributed by atoms with Gasteiger partial charge in [0, 0.05) is 18.7 Å². The first kappa shape index (κ1) is 23.1. The van der Waals surface area contributed by atoms with Gasteiger partial charge in [0.2, 0.25) is 0 Å². The number of nitrogens with zero attached hydrogens (tertiary/aromatic N) is 3. The lowest BCUT2D eigenvalue weighted by Crippen LogP contribution is -2.38. The van der Waals surface area contributed by atoms with Crippen LogP contribution in [0.2, 0.25) is 5.02 Å². The molecule has 1 aromatic heterocycles. The van der Waals surface area contributed by atoms with Gasteiger partial charge in [-0.05, 0) is 68.9 Å². The summed E-state index contributed by atoms with van der Waals surface area (Å²) in [6.45, 7) is 5.32. The van der Waals surface area contributed by atoms with Crippen molar-refractivity contribution in [1.29, 1.82) is 0 Å². The van der Waals surface area contributed by atoms with Gasteiger partial charge in [-0.25, -0.2) is 9.48 Å². The monoisotopic (exact) mass is 465 g/mol. The first-order valence-corrected chi connectivity index (χ1v) is 11.7. The van der Waals surface area contributed by atoms with Gasteiger partial charge in [0.25, 0.3) is 5.91 Å². The minimum Gasteiger partial charge on any atom is -0.461 e. The second-order valence-corrected chi connectivity index (χ2v) is 8.73. The number of amides is 1. The fraction of sp³-hybridized carbons (Fsp3) is 0.346. The topological polar surface area (TPSA) is 64.4 Å². The van der Waals surface area contributed by atoms with Crippen molar-refractivity contribution in [2.24, 2.45) is 5.92 Å². The number of hydrogen-bond donors (Lipinski definition) is 0. The van der Waals surface area contributed by atoms with Crippen molar-refractivity contribution in [2.45, 2.75) is 33.1 Å². The highest BCUT2D eigenvalue weighted by molar-refractivity contribution is 6.34. The van der Waals surface area contributed by atoms with E-state index in [-0.39, 0.29) is 23.2 Å². The minimum absolute atomic E-state index is 0.0437. The van der Waals surface area contributed by atoms with E-state index < -0.39 is 5.97 Å². The summed E-state index contributed by atoms with van der Waals surface area (Å²) in [5.41, 5.74) is 3.46. The van der Waals surface area contributed by atoms with E-state index in [1.165, 1.54) is 5.56 Å². The predicted octanol–water partition coefficient (Wildman–Crippen LogP) is 5.11. The van der Waals surface area contributed by atoms with Crippen molar-refractivity contribution in [3.63, 3.8) is 0 Å². The Kier molecular flexibility index (Phi) is 7.14. The van der Waals surface area contributed by atoms with E-state index in [0.29, 0.717) is 17.2 Å². The largest absolute Gasteiger partial charge is 0.461 e. The summed E-state index contributed by atoms with van der Waals surface area (Å²) in [5.74, 6) is 0.105. The molecule has 0 saturated carbocycles. The maximum atomic E-state index is 13.0. The Bertz CT molecular complexity index is 1120. The maximum absolute atomic E-state index is 13.0. The minimum atomic E-state index is -0.549. The molecule has 172 valence electrons. The SMILES string of the molecule is CCOC(=O)c1nn(-c2ccc(C(=O)N3CCC(Cc4ccccc4)CC3)cc2)c(C)c1Cl. The molecule has 1 aliphatic heterocycles. The molecule has 0 unspecified atom stereocenters. The number of ether oxygens (including phenoxy) is 1. The van der Waals surface area contributed by atoms with Crippen molar-refractivity contribution in [1.82, 2.24) is 14.7 Å². The molecule has 0 bridgehead atoms. The molecule has 0 radical (unpaired) electrons. The van der Waals surface area contributed by atoms with E-state index in [0.717, 1.165) is 38.0 Å². The highest BCUT2D eigenvalue weighted by Crippen LogP contribution is 2.25. The summed E-state index contributed by atoms with van der Waals surface area (Å²) in [5, 5.41) is 4.59. The van der Waals surface area contributed by atoms with Crippen LogP contribution >= 0.6 is 11.6 Å². The van der Waals surface area contributed by atoms with Gasteiger partial charge in [0.05, 0.1) is 23.0 Å². The van der Waals surface area contributed by atoms with Crippen molar-refractivity contribution in [2.75, 3.05) is 19.7 Å². The first-order chi connectivity index (χ1) is 16.0. The van der Waals surface area contributed by atoms with Gasteiger partial charge in [-0.1, -0.05) is 41.9 Å². The van der Waals surface area contributed by atoms with Crippen molar-refractivity contribution in [3.05, 3.63) is 82.1 Å². The zero-order chi connectivity index (χ0) is 23.4. The molecule has 3 aromatic rings. The van der Waals surface area contributed by atoms with E-state index in [2.05, 4.69) is 29.4 Å². The Balaban J connectivity index is 1.40. The molecule has 1 aliphatic rings. The Hall–Kier alpha value is -3.12. The van der Waals surface area contributed by atoms with Gasteiger partial charge >= 0.3 is 5.97 Å². The first-order valence-electron chi connectivity index (χ1n) is 11.3. The molecule has 2 heterocycles. The third-order valence-corrected chi connectivity index (χ3v) is 6.59. The number of esters is 1. The summed E-state index contributed by atoms with van der Waals surface area (Å²) in [6.07, 6.45) is 3.10. The van der Waals surface area contributed by atoms with Gasteiger partial charge in [-0.3, -0.25) is 4.79 Å². The number of aromatic nitrogens is 2. The van der Waals surface area contributed by atoms with E-state index in [1.807, 2.05) is 23.1 Å². The molecule has 0 aliphatic carbocycles. The van der Waals surface area contributed by atoms with Gasteiger partial charge in [0.1, 0.15) is 0 Å². The second-order valence-electron chi connectivity index (χ2n) is 8.35. The fourth-order valence-corrected chi connectivity index (χ4v) is 4.47. The molecule has 2 aromatic carbocycles. The molecule has 4 rings (SSSR count). The number of hydrogen-bond acceptors (Lipinski definition) is 4. The number of rotatable bonds is 6. The van der Waals surface area contributed by atoms with E-state index >= 15 is 0 Å². The molecule has 0 atom stereocenters. The average Bonchev–Trinajstić information content (AvgIpc) is 3.14. The summed E-state index contributed by atoms with van der Waals surface area (Å²) in [4.78, 5) is 27.0. The highest BCUT2D eigenvalue weighted by Gasteiger charge is 2.24. The highest BCUT2D eigenvalue weighted by atomic mass is 35.5. The lowest BCUT2D eigenvalue weighted by Gasteiger charge is -2.32. The van der Waals surface area contributed by atoms with Gasteiger partial charge in [-0.15, -0.1) is 0 Å². The van der Waals surface area contributed by atoms with Crippen LogP contribution in [0.15, 0.2) is 54.6 Å². The summed E-state index contributed by atoms with van der Waals surface area (Å²) >= 11 is 6.30. The Morgan fingerprint density at radius 1 is 1.06 bits per heavy atom. The Morgan fingerprint density at radius 3 is 2.36 bits per heavy atom. The number of benzene rings is 2. The number of carbonyl (C=O) groups excluding carboxylic acids is 2. The van der Waals surface area contributed by atoms with Crippen LogP contribution in [0.5, 0.6) is 0 Å². The van der Waals surface area contributed by atoms with E-state index in [4.69, 9.17) is 16.3 Å². The summed E-state index contributed by atoms with van der Waals surface area (Å²) < 4.78 is 6.62. The third-order valence-electron chi connectivity index (χ3n) is 6.14. The normalized spacial score (nSPS) is 14.3. The quantitative estimate of drug-likeness (QED) is 0.475. The van der Waals surface area contributed by atoms with Gasteiger partial charge in [0.15, 0.2) is 5.69 Å². The Labute approximate surface area is 199 Å². The summed E-state index contributed by atoms with van der Waals surface area (Å²) in [6, 6.07) is 17.8. The van der Waals surface area contributed by atoms with Crippen molar-refractivity contribution in [3.8, 4) is 5.69 Å². The van der Waals surface area contributed by atoms with Crippen LogP contribution < -0.4 is 0 Å². The summed E-state index contributed by atoms with van der Waals surface area (Å²) in [7, 11) is 0. The standard InChI is InChI=1S/C26H28ClN3O3/c1-3-33-26(32)24-23(27)18(2)30(28-24)22-11-9-21(10-12-22)25(31)29-15-13-20(14-16-29)17-19-7-5-4-6-8-19/h4-12,20H,3,13-17H2,1-2H3. The zero-order valence-corrected chi connectivity index (χ0v) is 19.7. The Morgan fingerprint density at radius 2 is 1.73 bits per heavy atom. The molecular formula is C26H28ClN3O3. The number of halogens is 1. The van der Waals surface area contributed by atoms with Crippen LogP contribution in [0.25, 0.3) is 5.69 Å². The van der Waals surface area contributed by atoms with E-state index in [1.54, 1.807) is 30.7 Å². The molecule has 1 saturated heterocycles. The molecule has 0 spiro atoms. The lowest BCUT2D eigenvalue weighted by atomic mass is 9.90. The molecular weight excluding hydrogens is 438 g/mol. The molecule has 7 heteroatoms. The maximum Gasteiger partial charge on any atom is 0.360 e. The van der Waals surface area contributed by atoms with Gasteiger partial charge in [-0.2, -0.15) is 5.10 Å². The van der Waals surface area contributed by atoms with Crippen LogP contribution in [-0.4, -0.2) is 46.3 Å². The third kappa shape index (κ3) is 5.11. The van der Waals surface area contributed by atoms with Crippen molar-refractivity contribution < 1.29 is 14.3 Å². The molecule has 33 heavy (non-hydrogen) atoms. The lowest BCUT2D eigenvalue weighted by molar-refractivity contribution is 0.0518. The molecule has 0 N–H and O–H groups in total. The van der Waals surface area contributed by atoms with Crippen LogP contribution in [0.4, 0.5) is 0 Å². The molecule has 1 fully saturated rings. The predicted molar refractivity (Wildman–Crippen MR) is 128 cm³/mol. The van der Waals surface area contributed by atoms with Crippen LogP contribution in [0.1, 0.15) is 51.9 Å². The fourth-order valence-electron chi connectivity index (χ4n) is 4.28. The van der Waals surface area contributed by atoms with E-state index in [9.17, 15) is 9.59 Å². The van der Waals surface area contributed by atoms with Crippen LogP contribution in [0, 0.1) is 12.8 Å². The zero-order valence-electron chi connectivity index (χ0n) is 19.0. The van der Waals surface area contributed by atoms with Crippen molar-refractivity contribution >= 4 is 23.5 Å². The smallest absolute Gasteiger partial charge is 0.360 e. The van der Waals surface area contributed by atoms with Crippen LogP contribution in [0.3, 0.4) is 0 Å². The number of piperidine rings is 1. The molecule has 6 nitrogen and oxygen atoms in total. The van der Waals surface area contributed by atoms with Crippen LogP contribution in [-0.2, 0) is 11.2 Å².